The number of aromatic hydroxyl groups is 1. The highest BCUT2D eigenvalue weighted by Gasteiger charge is 2.13. The smallest absolute Gasteiger partial charge is 0.329 e. The van der Waals surface area contributed by atoms with E-state index >= 15 is 0 Å². The lowest BCUT2D eigenvalue weighted by atomic mass is 10.2. The van der Waals surface area contributed by atoms with Crippen molar-refractivity contribution in [1.82, 2.24) is 5.43 Å². The summed E-state index contributed by atoms with van der Waals surface area (Å²) in [6.45, 7) is 4.88. The van der Waals surface area contributed by atoms with Crippen molar-refractivity contribution in [3.05, 3.63) is 46.4 Å². The third-order valence-corrected chi connectivity index (χ3v) is 4.42. The normalized spacial score (nSPS) is 10.6. The van der Waals surface area contributed by atoms with Gasteiger partial charge in [0.05, 0.1) is 23.9 Å². The van der Waals surface area contributed by atoms with Gasteiger partial charge in [-0.25, -0.2) is 5.43 Å². The third-order valence-electron chi connectivity index (χ3n) is 3.82. The number of ether oxygens (including phenoxy) is 2. The maximum absolute atomic E-state index is 12.0. The molecule has 160 valence electrons. The molecule has 2 rings (SSSR count). The van der Waals surface area contributed by atoms with Gasteiger partial charge in [0.15, 0.2) is 11.5 Å². The third kappa shape index (κ3) is 7.07. The van der Waals surface area contributed by atoms with E-state index in [1.54, 1.807) is 43.3 Å². The number of amides is 2. The predicted octanol–water partition coefficient (Wildman–Crippen LogP) is 3.82. The van der Waals surface area contributed by atoms with Crippen LogP contribution in [0.1, 0.15) is 32.3 Å². The summed E-state index contributed by atoms with van der Waals surface area (Å²) in [6.07, 6.45) is 3.34. The van der Waals surface area contributed by atoms with Gasteiger partial charge in [-0.15, -0.1) is 0 Å². The number of benzene rings is 2. The molecule has 0 saturated heterocycles. The molecule has 0 fully saturated rings. The average molecular weight is 478 g/mol. The first kappa shape index (κ1) is 23.2. The van der Waals surface area contributed by atoms with Crippen molar-refractivity contribution in [2.45, 2.75) is 26.7 Å². The summed E-state index contributed by atoms with van der Waals surface area (Å²) in [7, 11) is 0. The van der Waals surface area contributed by atoms with Crippen LogP contribution in [0.25, 0.3) is 0 Å². The first-order valence-corrected chi connectivity index (χ1v) is 10.3. The molecular weight excluding hydrogens is 454 g/mol. The molecule has 30 heavy (non-hydrogen) atoms. The second-order valence-corrected chi connectivity index (χ2v) is 7.02. The minimum atomic E-state index is -0.919. The van der Waals surface area contributed by atoms with Crippen molar-refractivity contribution in [2.24, 2.45) is 5.10 Å². The number of hydrogen-bond acceptors (Lipinski definition) is 6. The fourth-order valence-electron chi connectivity index (χ4n) is 2.31. The zero-order chi connectivity index (χ0) is 21.9. The monoisotopic (exact) mass is 477 g/mol. The molecule has 3 N–H and O–H groups in total. The van der Waals surface area contributed by atoms with Crippen LogP contribution in [0.15, 0.2) is 46.0 Å². The molecule has 8 nitrogen and oxygen atoms in total. The molecule has 9 heteroatoms. The van der Waals surface area contributed by atoms with E-state index in [4.69, 9.17) is 9.47 Å². The summed E-state index contributed by atoms with van der Waals surface area (Å²) in [4.78, 5) is 23.9. The van der Waals surface area contributed by atoms with Crippen molar-refractivity contribution >= 4 is 39.6 Å². The molecule has 0 unspecified atom stereocenters. The van der Waals surface area contributed by atoms with E-state index in [0.717, 1.165) is 12.8 Å². The molecule has 0 aromatic heterocycles. The molecule has 0 aliphatic heterocycles. The molecule has 0 aliphatic rings. The first-order valence-electron chi connectivity index (χ1n) is 9.47. The Morgan fingerprint density at radius 2 is 1.87 bits per heavy atom. The standard InChI is InChI=1S/C21H24BrN3O5/c1-3-5-10-30-16-8-6-15(7-9-16)24-20(27)21(28)25-23-13-14-11-17(22)19(26)18(12-14)29-4-2/h6-9,11-13,26H,3-5,10H2,1-2H3,(H,24,27)(H,25,28)/b23-13-. The average Bonchev–Trinajstić information content (AvgIpc) is 2.73. The predicted molar refractivity (Wildman–Crippen MR) is 118 cm³/mol. The minimum absolute atomic E-state index is 0.0285. The lowest BCUT2D eigenvalue weighted by molar-refractivity contribution is -0.136. The number of phenolic OH excluding ortho intramolecular Hbond substituents is 1. The van der Waals surface area contributed by atoms with Gasteiger partial charge in [-0.1, -0.05) is 13.3 Å². The lowest BCUT2D eigenvalue weighted by Gasteiger charge is -2.08. The lowest BCUT2D eigenvalue weighted by Crippen LogP contribution is -2.32. The molecule has 2 amide bonds. The van der Waals surface area contributed by atoms with Crippen molar-refractivity contribution in [3.8, 4) is 17.2 Å². The summed E-state index contributed by atoms with van der Waals surface area (Å²) in [5.74, 6) is -0.827. The van der Waals surface area contributed by atoms with Crippen LogP contribution < -0.4 is 20.2 Å². The highest BCUT2D eigenvalue weighted by Crippen LogP contribution is 2.35. The van der Waals surface area contributed by atoms with Crippen LogP contribution >= 0.6 is 15.9 Å². The number of unbranched alkanes of at least 4 members (excludes halogenated alkanes) is 1. The van der Waals surface area contributed by atoms with Crippen LogP contribution in [-0.2, 0) is 9.59 Å². The van der Waals surface area contributed by atoms with Crippen LogP contribution in [0.4, 0.5) is 5.69 Å². The van der Waals surface area contributed by atoms with E-state index < -0.39 is 11.8 Å². The fourth-order valence-corrected chi connectivity index (χ4v) is 2.77. The molecule has 0 spiro atoms. The van der Waals surface area contributed by atoms with Crippen LogP contribution in [0.2, 0.25) is 0 Å². The van der Waals surface area contributed by atoms with Crippen LogP contribution in [0, 0.1) is 0 Å². The topological polar surface area (TPSA) is 109 Å². The molecule has 0 heterocycles. The molecule has 0 bridgehead atoms. The minimum Gasteiger partial charge on any atom is -0.503 e. The number of anilines is 1. The van der Waals surface area contributed by atoms with Crippen molar-refractivity contribution in [2.75, 3.05) is 18.5 Å². The summed E-state index contributed by atoms with van der Waals surface area (Å²) < 4.78 is 11.3. The summed E-state index contributed by atoms with van der Waals surface area (Å²) >= 11 is 3.22. The maximum Gasteiger partial charge on any atom is 0.329 e. The second-order valence-electron chi connectivity index (χ2n) is 6.16. The van der Waals surface area contributed by atoms with Crippen LogP contribution in [-0.4, -0.2) is 36.3 Å². The molecule has 0 saturated carbocycles. The number of halogens is 1. The molecule has 2 aromatic rings. The fraction of sp³-hybridized carbons (Fsp3) is 0.286. The number of hydrazone groups is 1. The van der Waals surface area contributed by atoms with Crippen molar-refractivity contribution < 1.29 is 24.2 Å². The van der Waals surface area contributed by atoms with Gasteiger partial charge >= 0.3 is 11.8 Å². The summed E-state index contributed by atoms with van der Waals surface area (Å²) in [5, 5.41) is 16.2. The first-order chi connectivity index (χ1) is 14.4. The van der Waals surface area contributed by atoms with E-state index in [-0.39, 0.29) is 11.5 Å². The number of rotatable bonds is 9. The Labute approximate surface area is 183 Å². The zero-order valence-corrected chi connectivity index (χ0v) is 18.4. The van der Waals surface area contributed by atoms with Crippen molar-refractivity contribution in [3.63, 3.8) is 0 Å². The van der Waals surface area contributed by atoms with Crippen molar-refractivity contribution in [1.29, 1.82) is 0 Å². The van der Waals surface area contributed by atoms with Gasteiger partial charge in [-0.05, 0) is 71.2 Å². The molecule has 0 radical (unpaired) electrons. The van der Waals surface area contributed by atoms with E-state index in [0.29, 0.717) is 34.7 Å². The van der Waals surface area contributed by atoms with Gasteiger partial charge in [0.1, 0.15) is 5.75 Å². The Bertz CT molecular complexity index is 900. The molecular formula is C21H24BrN3O5. The summed E-state index contributed by atoms with van der Waals surface area (Å²) in [5.41, 5.74) is 3.18. The van der Waals surface area contributed by atoms with Gasteiger partial charge in [0.2, 0.25) is 0 Å². The summed E-state index contributed by atoms with van der Waals surface area (Å²) in [6, 6.07) is 9.90. The Kier molecular flexibility index (Phi) is 9.14. The van der Waals surface area contributed by atoms with E-state index in [9.17, 15) is 14.7 Å². The molecule has 0 aliphatic carbocycles. The van der Waals surface area contributed by atoms with Crippen LogP contribution in [0.3, 0.4) is 0 Å². The van der Waals surface area contributed by atoms with Gasteiger partial charge in [0, 0.05) is 5.69 Å². The van der Waals surface area contributed by atoms with E-state index in [2.05, 4.69) is 38.7 Å². The zero-order valence-electron chi connectivity index (χ0n) is 16.8. The van der Waals surface area contributed by atoms with Crippen LogP contribution in [0.5, 0.6) is 17.2 Å². The number of hydrogen-bond donors (Lipinski definition) is 3. The number of nitrogens with zero attached hydrogens (tertiary/aromatic N) is 1. The molecule has 2 aromatic carbocycles. The number of carbonyl (C=O) groups excluding carboxylic acids is 2. The number of phenols is 1. The highest BCUT2D eigenvalue weighted by molar-refractivity contribution is 9.10. The Hall–Kier alpha value is -3.07. The maximum atomic E-state index is 12.0. The van der Waals surface area contributed by atoms with Gasteiger partial charge in [0.25, 0.3) is 0 Å². The largest absolute Gasteiger partial charge is 0.503 e. The van der Waals surface area contributed by atoms with Gasteiger partial charge in [-0.3, -0.25) is 9.59 Å². The number of nitrogens with one attached hydrogen (secondary N) is 2. The quantitative estimate of drug-likeness (QED) is 0.220. The van der Waals surface area contributed by atoms with E-state index in [1.165, 1.54) is 6.21 Å². The highest BCUT2D eigenvalue weighted by atomic mass is 79.9. The van der Waals surface area contributed by atoms with E-state index in [1.807, 2.05) is 0 Å². The Balaban J connectivity index is 1.89. The van der Waals surface area contributed by atoms with Gasteiger partial charge < -0.3 is 19.9 Å². The second kappa shape index (κ2) is 11.8. The SMILES string of the molecule is CCCCOc1ccc(NC(=O)C(=O)N/N=C\c2cc(Br)c(O)c(OCC)c2)cc1. The van der Waals surface area contributed by atoms with Gasteiger partial charge in [-0.2, -0.15) is 5.10 Å². The number of carbonyl (C=O) groups is 2. The Morgan fingerprint density at radius 3 is 2.53 bits per heavy atom. The molecule has 0 atom stereocenters. The Morgan fingerprint density at radius 1 is 1.13 bits per heavy atom.